The zero-order valence-corrected chi connectivity index (χ0v) is 14.4. The number of hydrogen-bond acceptors (Lipinski definition) is 4. The van der Waals surface area contributed by atoms with Crippen LogP contribution in [0.15, 0.2) is 36.5 Å². The molecule has 6 heteroatoms. The molecule has 0 aliphatic rings. The predicted molar refractivity (Wildman–Crippen MR) is 92.1 cm³/mol. The van der Waals surface area contributed by atoms with Gasteiger partial charge in [0.25, 0.3) is 0 Å². The second-order valence-corrected chi connectivity index (χ2v) is 5.83. The molecular formula is C18H18ClN3O2. The molecular weight excluding hydrogens is 326 g/mol. The molecule has 124 valence electrons. The Labute approximate surface area is 146 Å². The molecule has 0 saturated carbocycles. The lowest BCUT2D eigenvalue weighted by Crippen LogP contribution is -2.21. The molecule has 2 aromatic rings. The van der Waals surface area contributed by atoms with E-state index in [1.807, 2.05) is 30.3 Å². The Balaban J connectivity index is 1.97. The highest BCUT2D eigenvalue weighted by molar-refractivity contribution is 6.30. The summed E-state index contributed by atoms with van der Waals surface area (Å²) in [4.78, 5) is 17.0. The monoisotopic (exact) mass is 343 g/mol. The molecule has 1 aromatic carbocycles. The molecule has 1 amide bonds. The zero-order valence-electron chi connectivity index (χ0n) is 13.6. The van der Waals surface area contributed by atoms with E-state index in [4.69, 9.17) is 21.6 Å². The van der Waals surface area contributed by atoms with Crippen molar-refractivity contribution in [3.63, 3.8) is 0 Å². The van der Waals surface area contributed by atoms with Crippen molar-refractivity contribution in [2.45, 2.75) is 19.3 Å². The number of pyridine rings is 1. The number of aryl methyl sites for hydroxylation is 1. The first kappa shape index (κ1) is 17.8. The van der Waals surface area contributed by atoms with Crippen LogP contribution in [0.5, 0.6) is 11.5 Å². The number of carbonyl (C=O) groups is 1. The number of nitrogens with zero attached hydrogens (tertiary/aromatic N) is 3. The van der Waals surface area contributed by atoms with Crippen LogP contribution in [0.25, 0.3) is 0 Å². The molecule has 1 heterocycles. The van der Waals surface area contributed by atoms with Gasteiger partial charge in [-0.2, -0.15) is 5.26 Å². The first-order valence-corrected chi connectivity index (χ1v) is 7.90. The van der Waals surface area contributed by atoms with Crippen molar-refractivity contribution in [2.75, 3.05) is 14.1 Å². The molecule has 0 spiro atoms. The maximum atomic E-state index is 11.5. The van der Waals surface area contributed by atoms with Crippen molar-refractivity contribution < 1.29 is 9.53 Å². The van der Waals surface area contributed by atoms with Gasteiger partial charge in [-0.15, -0.1) is 0 Å². The maximum Gasteiger partial charge on any atom is 0.222 e. The molecule has 24 heavy (non-hydrogen) atoms. The summed E-state index contributed by atoms with van der Waals surface area (Å²) < 4.78 is 5.70. The Morgan fingerprint density at radius 2 is 2.00 bits per heavy atom. The fourth-order valence-electron chi connectivity index (χ4n) is 2.12. The second kappa shape index (κ2) is 8.32. The Bertz CT molecular complexity index is 752. The molecule has 0 radical (unpaired) electrons. The average molecular weight is 344 g/mol. The smallest absolute Gasteiger partial charge is 0.222 e. The van der Waals surface area contributed by atoms with Gasteiger partial charge in [-0.3, -0.25) is 4.79 Å². The SMILES string of the molecule is CN(C)C(=O)CCCc1ccc(Oc2ccnc(Cl)c2C#N)cc1. The van der Waals surface area contributed by atoms with Gasteiger partial charge in [-0.05, 0) is 30.5 Å². The van der Waals surface area contributed by atoms with Crippen molar-refractivity contribution in [1.82, 2.24) is 9.88 Å². The molecule has 5 nitrogen and oxygen atoms in total. The van der Waals surface area contributed by atoms with Gasteiger partial charge < -0.3 is 9.64 Å². The standard InChI is InChI=1S/C18H18ClN3O2/c1-22(2)17(23)5-3-4-13-6-8-14(9-7-13)24-16-10-11-21-18(19)15(16)12-20/h6-11H,3-5H2,1-2H3. The van der Waals surface area contributed by atoms with E-state index in [9.17, 15) is 4.79 Å². The third-order valence-electron chi connectivity index (χ3n) is 3.48. The first-order valence-electron chi connectivity index (χ1n) is 7.53. The third-order valence-corrected chi connectivity index (χ3v) is 3.77. The van der Waals surface area contributed by atoms with E-state index in [-0.39, 0.29) is 16.6 Å². The zero-order chi connectivity index (χ0) is 17.5. The molecule has 0 unspecified atom stereocenters. The quantitative estimate of drug-likeness (QED) is 0.748. The van der Waals surface area contributed by atoms with E-state index in [1.165, 1.54) is 6.20 Å². The van der Waals surface area contributed by atoms with Crippen molar-refractivity contribution >= 4 is 17.5 Å². The Hall–Kier alpha value is -2.58. The molecule has 0 atom stereocenters. The van der Waals surface area contributed by atoms with Gasteiger partial charge in [0.15, 0.2) is 5.15 Å². The van der Waals surface area contributed by atoms with E-state index in [0.29, 0.717) is 17.9 Å². The molecule has 0 aliphatic heterocycles. The van der Waals surface area contributed by atoms with Crippen LogP contribution in [0.4, 0.5) is 0 Å². The number of nitriles is 1. The Morgan fingerprint density at radius 1 is 1.29 bits per heavy atom. The average Bonchev–Trinajstić information content (AvgIpc) is 2.56. The molecule has 0 saturated heterocycles. The van der Waals surface area contributed by atoms with Crippen molar-refractivity contribution in [3.05, 3.63) is 52.8 Å². The van der Waals surface area contributed by atoms with Crippen LogP contribution >= 0.6 is 11.6 Å². The Morgan fingerprint density at radius 3 is 2.62 bits per heavy atom. The predicted octanol–water partition coefficient (Wildman–Crippen LogP) is 3.81. The van der Waals surface area contributed by atoms with Crippen LogP contribution in [-0.4, -0.2) is 29.9 Å². The Kier molecular flexibility index (Phi) is 6.16. The topological polar surface area (TPSA) is 66.2 Å². The second-order valence-electron chi connectivity index (χ2n) is 5.47. The molecule has 1 aromatic heterocycles. The molecule has 0 bridgehead atoms. The van der Waals surface area contributed by atoms with Crippen molar-refractivity contribution in [1.29, 1.82) is 5.26 Å². The lowest BCUT2D eigenvalue weighted by molar-refractivity contribution is -0.128. The number of aromatic nitrogens is 1. The van der Waals surface area contributed by atoms with Crippen LogP contribution in [0, 0.1) is 11.3 Å². The number of hydrogen-bond donors (Lipinski definition) is 0. The summed E-state index contributed by atoms with van der Waals surface area (Å²) in [7, 11) is 3.52. The van der Waals surface area contributed by atoms with Crippen LogP contribution in [0.2, 0.25) is 5.15 Å². The number of benzene rings is 1. The maximum absolute atomic E-state index is 11.5. The number of carbonyl (C=O) groups excluding carboxylic acids is 1. The minimum atomic E-state index is 0.122. The summed E-state index contributed by atoms with van der Waals surface area (Å²) in [5.41, 5.74) is 1.34. The number of rotatable bonds is 6. The molecule has 2 rings (SSSR count). The molecule has 0 fully saturated rings. The first-order chi connectivity index (χ1) is 11.5. The van der Waals surface area contributed by atoms with Gasteiger partial charge in [0.2, 0.25) is 5.91 Å². The number of amides is 1. The van der Waals surface area contributed by atoms with Crippen LogP contribution in [0.1, 0.15) is 24.0 Å². The minimum absolute atomic E-state index is 0.122. The summed E-state index contributed by atoms with van der Waals surface area (Å²) in [6, 6.07) is 11.2. The summed E-state index contributed by atoms with van der Waals surface area (Å²) in [5, 5.41) is 9.24. The van der Waals surface area contributed by atoms with Gasteiger partial charge in [-0.1, -0.05) is 23.7 Å². The van der Waals surface area contributed by atoms with Gasteiger partial charge in [-0.25, -0.2) is 4.98 Å². The summed E-state index contributed by atoms with van der Waals surface area (Å²) in [6.07, 6.45) is 3.65. The fraction of sp³-hybridized carbons (Fsp3) is 0.278. The van der Waals surface area contributed by atoms with E-state index >= 15 is 0 Å². The largest absolute Gasteiger partial charge is 0.456 e. The highest BCUT2D eigenvalue weighted by Gasteiger charge is 2.10. The highest BCUT2D eigenvalue weighted by Crippen LogP contribution is 2.28. The number of ether oxygens (including phenoxy) is 1. The van der Waals surface area contributed by atoms with Gasteiger partial charge in [0.1, 0.15) is 23.1 Å². The van der Waals surface area contributed by atoms with E-state index in [1.54, 1.807) is 25.1 Å². The van der Waals surface area contributed by atoms with Crippen LogP contribution in [-0.2, 0) is 11.2 Å². The van der Waals surface area contributed by atoms with Gasteiger partial charge >= 0.3 is 0 Å². The van der Waals surface area contributed by atoms with E-state index in [0.717, 1.165) is 18.4 Å². The third kappa shape index (κ3) is 4.71. The lowest BCUT2D eigenvalue weighted by Gasteiger charge is -2.10. The number of halogens is 1. The minimum Gasteiger partial charge on any atom is -0.456 e. The van der Waals surface area contributed by atoms with E-state index < -0.39 is 0 Å². The summed E-state index contributed by atoms with van der Waals surface area (Å²) in [6.45, 7) is 0. The highest BCUT2D eigenvalue weighted by atomic mass is 35.5. The van der Waals surface area contributed by atoms with Gasteiger partial charge in [0.05, 0.1) is 0 Å². The summed E-state index contributed by atoms with van der Waals surface area (Å²) in [5.74, 6) is 1.12. The van der Waals surface area contributed by atoms with Gasteiger partial charge in [0, 0.05) is 32.8 Å². The summed E-state index contributed by atoms with van der Waals surface area (Å²) >= 11 is 5.88. The van der Waals surface area contributed by atoms with Crippen LogP contribution in [0.3, 0.4) is 0 Å². The van der Waals surface area contributed by atoms with Crippen molar-refractivity contribution in [2.24, 2.45) is 0 Å². The van der Waals surface area contributed by atoms with Crippen LogP contribution < -0.4 is 4.74 Å². The fourth-order valence-corrected chi connectivity index (χ4v) is 2.32. The molecule has 0 aliphatic carbocycles. The molecule has 0 N–H and O–H groups in total. The van der Waals surface area contributed by atoms with Crippen molar-refractivity contribution in [3.8, 4) is 17.6 Å². The normalized spacial score (nSPS) is 10.1. The lowest BCUT2D eigenvalue weighted by atomic mass is 10.1. The van der Waals surface area contributed by atoms with E-state index in [2.05, 4.69) is 4.98 Å².